The minimum Gasteiger partial charge on any atom is -0.367 e. The van der Waals surface area contributed by atoms with E-state index in [9.17, 15) is 9.18 Å². The molecule has 0 spiro atoms. The Morgan fingerprint density at radius 3 is 2.29 bits per heavy atom. The molecule has 3 nitrogen and oxygen atoms in total. The summed E-state index contributed by atoms with van der Waals surface area (Å²) in [4.78, 5) is 16.6. The standard InChI is InChI=1S/C20H23FN2O/c1-2-16-7-9-17(10-8-16)20(24)15-22-11-13-23(14-12-22)19-6-4-3-5-18(19)21/h3-10H,2,11-15H2,1H3. The molecule has 0 amide bonds. The second-order valence-corrected chi connectivity index (χ2v) is 6.19. The lowest BCUT2D eigenvalue weighted by atomic mass is 10.1. The Kier molecular flexibility index (Phi) is 5.26. The Balaban J connectivity index is 1.55. The van der Waals surface area contributed by atoms with Crippen LogP contribution in [0.2, 0.25) is 0 Å². The molecule has 0 atom stereocenters. The monoisotopic (exact) mass is 326 g/mol. The number of rotatable bonds is 5. The SMILES string of the molecule is CCc1ccc(C(=O)CN2CCN(c3ccccc3F)CC2)cc1. The number of hydrogen-bond donors (Lipinski definition) is 0. The van der Waals surface area contributed by atoms with Gasteiger partial charge in [0.25, 0.3) is 0 Å². The van der Waals surface area contributed by atoms with Crippen molar-refractivity contribution in [1.82, 2.24) is 4.90 Å². The topological polar surface area (TPSA) is 23.6 Å². The van der Waals surface area contributed by atoms with E-state index < -0.39 is 0 Å². The normalized spacial score (nSPS) is 15.5. The number of piperazine rings is 1. The van der Waals surface area contributed by atoms with Crippen LogP contribution in [-0.2, 0) is 6.42 Å². The summed E-state index contributed by atoms with van der Waals surface area (Å²) in [5.41, 5.74) is 2.66. The number of ketones is 1. The summed E-state index contributed by atoms with van der Waals surface area (Å²) < 4.78 is 13.9. The molecule has 24 heavy (non-hydrogen) atoms. The molecular weight excluding hydrogens is 303 g/mol. The van der Waals surface area contributed by atoms with Gasteiger partial charge in [-0.3, -0.25) is 9.69 Å². The molecule has 3 rings (SSSR count). The van der Waals surface area contributed by atoms with E-state index in [4.69, 9.17) is 0 Å². The first-order valence-corrected chi connectivity index (χ1v) is 8.51. The molecule has 0 radical (unpaired) electrons. The Morgan fingerprint density at radius 2 is 1.67 bits per heavy atom. The number of halogens is 1. The minimum absolute atomic E-state index is 0.150. The highest BCUT2D eigenvalue weighted by Crippen LogP contribution is 2.20. The number of nitrogens with zero attached hydrogens (tertiary/aromatic N) is 2. The van der Waals surface area contributed by atoms with E-state index in [-0.39, 0.29) is 11.6 Å². The molecule has 0 aliphatic carbocycles. The van der Waals surface area contributed by atoms with E-state index in [2.05, 4.69) is 11.8 Å². The predicted octanol–water partition coefficient (Wildman–Crippen LogP) is 3.39. The minimum atomic E-state index is -0.182. The third-order valence-electron chi connectivity index (χ3n) is 4.62. The molecule has 0 aromatic heterocycles. The maximum atomic E-state index is 13.9. The molecule has 0 saturated carbocycles. The van der Waals surface area contributed by atoms with Gasteiger partial charge < -0.3 is 4.90 Å². The summed E-state index contributed by atoms with van der Waals surface area (Å²) in [6.45, 7) is 5.55. The molecule has 1 fully saturated rings. The van der Waals surface area contributed by atoms with E-state index in [0.29, 0.717) is 12.2 Å². The van der Waals surface area contributed by atoms with Crippen molar-refractivity contribution in [3.63, 3.8) is 0 Å². The molecule has 2 aromatic carbocycles. The fourth-order valence-corrected chi connectivity index (χ4v) is 3.08. The average molecular weight is 326 g/mol. The fourth-order valence-electron chi connectivity index (χ4n) is 3.08. The van der Waals surface area contributed by atoms with Crippen LogP contribution in [0.4, 0.5) is 10.1 Å². The van der Waals surface area contributed by atoms with Crippen molar-refractivity contribution < 1.29 is 9.18 Å². The highest BCUT2D eigenvalue weighted by Gasteiger charge is 2.21. The number of carbonyl (C=O) groups is 1. The van der Waals surface area contributed by atoms with E-state index in [1.165, 1.54) is 11.6 Å². The van der Waals surface area contributed by atoms with Crippen LogP contribution in [0.5, 0.6) is 0 Å². The Labute approximate surface area is 142 Å². The van der Waals surface area contributed by atoms with E-state index in [0.717, 1.165) is 38.2 Å². The molecule has 2 aromatic rings. The first kappa shape index (κ1) is 16.7. The van der Waals surface area contributed by atoms with Crippen molar-refractivity contribution in [1.29, 1.82) is 0 Å². The molecule has 1 aliphatic heterocycles. The summed E-state index contributed by atoms with van der Waals surface area (Å²) in [5.74, 6) is -0.0324. The smallest absolute Gasteiger partial charge is 0.176 e. The number of hydrogen-bond acceptors (Lipinski definition) is 3. The van der Waals surface area contributed by atoms with Crippen molar-refractivity contribution >= 4 is 11.5 Å². The van der Waals surface area contributed by atoms with Gasteiger partial charge in [0.15, 0.2) is 5.78 Å². The van der Waals surface area contributed by atoms with Gasteiger partial charge in [0.2, 0.25) is 0 Å². The maximum absolute atomic E-state index is 13.9. The van der Waals surface area contributed by atoms with E-state index in [1.807, 2.05) is 41.3 Å². The zero-order valence-electron chi connectivity index (χ0n) is 14.0. The summed E-state index contributed by atoms with van der Waals surface area (Å²) in [6.07, 6.45) is 0.979. The maximum Gasteiger partial charge on any atom is 0.176 e. The van der Waals surface area contributed by atoms with Gasteiger partial charge in [0.1, 0.15) is 5.82 Å². The largest absolute Gasteiger partial charge is 0.367 e. The number of aryl methyl sites for hydroxylation is 1. The quantitative estimate of drug-likeness (QED) is 0.787. The number of carbonyl (C=O) groups excluding carboxylic acids is 1. The molecule has 1 aliphatic rings. The Morgan fingerprint density at radius 1 is 1.00 bits per heavy atom. The van der Waals surface area contributed by atoms with Crippen molar-refractivity contribution in [3.8, 4) is 0 Å². The summed E-state index contributed by atoms with van der Waals surface area (Å²) >= 11 is 0. The van der Waals surface area contributed by atoms with Crippen LogP contribution in [0.15, 0.2) is 48.5 Å². The Hall–Kier alpha value is -2.20. The summed E-state index contributed by atoms with van der Waals surface area (Å²) in [5, 5.41) is 0. The molecule has 126 valence electrons. The van der Waals surface area contributed by atoms with Gasteiger partial charge in [0.05, 0.1) is 12.2 Å². The third kappa shape index (κ3) is 3.82. The van der Waals surface area contributed by atoms with Gasteiger partial charge in [-0.15, -0.1) is 0 Å². The van der Waals surface area contributed by atoms with Crippen molar-refractivity contribution in [2.24, 2.45) is 0 Å². The fraction of sp³-hybridized carbons (Fsp3) is 0.350. The van der Waals surface area contributed by atoms with Gasteiger partial charge in [-0.2, -0.15) is 0 Å². The zero-order chi connectivity index (χ0) is 16.9. The van der Waals surface area contributed by atoms with Crippen LogP contribution in [-0.4, -0.2) is 43.4 Å². The van der Waals surface area contributed by atoms with Gasteiger partial charge in [-0.05, 0) is 24.1 Å². The highest BCUT2D eigenvalue weighted by atomic mass is 19.1. The first-order chi connectivity index (χ1) is 11.7. The lowest BCUT2D eigenvalue weighted by Crippen LogP contribution is -2.48. The lowest BCUT2D eigenvalue weighted by molar-refractivity contribution is 0.0926. The van der Waals surface area contributed by atoms with Crippen LogP contribution in [0.1, 0.15) is 22.8 Å². The van der Waals surface area contributed by atoms with Gasteiger partial charge in [0, 0.05) is 31.7 Å². The van der Waals surface area contributed by atoms with Crippen LogP contribution in [0.3, 0.4) is 0 Å². The number of benzene rings is 2. The van der Waals surface area contributed by atoms with Gasteiger partial charge in [-0.1, -0.05) is 43.3 Å². The predicted molar refractivity (Wildman–Crippen MR) is 95.2 cm³/mol. The van der Waals surface area contributed by atoms with Crippen LogP contribution < -0.4 is 4.90 Å². The average Bonchev–Trinajstić information content (AvgIpc) is 2.63. The number of anilines is 1. The molecule has 0 unspecified atom stereocenters. The van der Waals surface area contributed by atoms with E-state index >= 15 is 0 Å². The molecule has 1 heterocycles. The summed E-state index contributed by atoms with van der Waals surface area (Å²) in [7, 11) is 0. The summed E-state index contributed by atoms with van der Waals surface area (Å²) in [6, 6.07) is 14.7. The van der Waals surface area contributed by atoms with Crippen molar-refractivity contribution in [2.45, 2.75) is 13.3 Å². The van der Waals surface area contributed by atoms with Crippen LogP contribution in [0.25, 0.3) is 0 Å². The second kappa shape index (κ2) is 7.58. The first-order valence-electron chi connectivity index (χ1n) is 8.51. The molecule has 0 N–H and O–H groups in total. The third-order valence-corrected chi connectivity index (χ3v) is 4.62. The van der Waals surface area contributed by atoms with Crippen LogP contribution in [0, 0.1) is 5.82 Å². The van der Waals surface area contributed by atoms with Crippen LogP contribution >= 0.6 is 0 Å². The number of para-hydroxylation sites is 1. The second-order valence-electron chi connectivity index (χ2n) is 6.19. The molecule has 0 bridgehead atoms. The van der Waals surface area contributed by atoms with Gasteiger partial charge in [-0.25, -0.2) is 4.39 Å². The molecular formula is C20H23FN2O. The lowest BCUT2D eigenvalue weighted by Gasteiger charge is -2.35. The molecule has 1 saturated heterocycles. The van der Waals surface area contributed by atoms with E-state index in [1.54, 1.807) is 6.07 Å². The number of Topliss-reactive ketones (excluding diaryl/α,β-unsaturated/α-hetero) is 1. The zero-order valence-corrected chi connectivity index (χ0v) is 14.0. The highest BCUT2D eigenvalue weighted by molar-refractivity contribution is 5.97. The Bertz CT molecular complexity index is 691. The van der Waals surface area contributed by atoms with Crippen molar-refractivity contribution in [3.05, 3.63) is 65.5 Å². The molecule has 4 heteroatoms. The van der Waals surface area contributed by atoms with Crippen molar-refractivity contribution in [2.75, 3.05) is 37.6 Å². The van der Waals surface area contributed by atoms with Gasteiger partial charge >= 0.3 is 0 Å².